The van der Waals surface area contributed by atoms with E-state index in [0.717, 1.165) is 30.4 Å². The summed E-state index contributed by atoms with van der Waals surface area (Å²) in [6.45, 7) is 19.4. The van der Waals surface area contributed by atoms with Gasteiger partial charge >= 0.3 is 17.6 Å². The molecule has 2 aliphatic rings. The number of halogens is 1. The number of rotatable bonds is 14. The lowest BCUT2D eigenvalue weighted by atomic mass is 9.72. The largest absolute Gasteiger partial charge is 0.441 e. The molecular weight excluding hydrogens is 696 g/mol. The van der Waals surface area contributed by atoms with Crippen LogP contribution in [0.3, 0.4) is 0 Å². The average Bonchev–Trinajstić information content (AvgIpc) is 3.08. The van der Waals surface area contributed by atoms with Crippen molar-refractivity contribution < 1.29 is 23.5 Å². The van der Waals surface area contributed by atoms with Crippen LogP contribution in [0, 0.1) is 16.6 Å². The predicted molar refractivity (Wildman–Crippen MR) is 219 cm³/mol. The molecule has 9 heteroatoms. The smallest absolute Gasteiger partial charge is 0.336 e. The monoisotopic (exact) mass is 754 g/mol. The molecule has 0 saturated heterocycles. The van der Waals surface area contributed by atoms with Gasteiger partial charge in [0.2, 0.25) is 5.82 Å². The molecule has 1 aromatic heterocycles. The summed E-state index contributed by atoms with van der Waals surface area (Å²) in [7, 11) is 0. The van der Waals surface area contributed by atoms with E-state index in [1.807, 2.05) is 38.2 Å². The van der Waals surface area contributed by atoms with Crippen LogP contribution in [0.15, 0.2) is 133 Å². The summed E-state index contributed by atoms with van der Waals surface area (Å²) in [5.41, 5.74) is 6.87. The molecule has 0 fully saturated rings. The van der Waals surface area contributed by atoms with Crippen LogP contribution in [-0.2, 0) is 32.5 Å². The van der Waals surface area contributed by atoms with E-state index < -0.39 is 42.5 Å². The molecule has 1 heterocycles. The van der Waals surface area contributed by atoms with Crippen LogP contribution in [0.4, 0.5) is 4.39 Å². The first-order valence-corrected chi connectivity index (χ1v) is 19.0. The number of esters is 2. The van der Waals surface area contributed by atoms with Gasteiger partial charge in [0.25, 0.3) is 5.56 Å². The van der Waals surface area contributed by atoms with E-state index in [9.17, 15) is 23.6 Å². The fourth-order valence-corrected chi connectivity index (χ4v) is 6.90. The molecule has 8 nitrogen and oxygen atoms in total. The van der Waals surface area contributed by atoms with E-state index in [0.29, 0.717) is 26.5 Å². The van der Waals surface area contributed by atoms with E-state index in [1.165, 1.54) is 53.7 Å². The quantitative estimate of drug-likeness (QED) is 0.107. The molecular formula is C46H59FN2O6. The zero-order valence-corrected chi connectivity index (χ0v) is 34.4. The lowest BCUT2D eigenvalue weighted by Gasteiger charge is -2.33. The van der Waals surface area contributed by atoms with Crippen molar-refractivity contribution >= 4 is 11.9 Å². The lowest BCUT2D eigenvalue weighted by molar-refractivity contribution is -0.141. The number of allylic oxidation sites excluding steroid dienone is 18. The Morgan fingerprint density at radius 1 is 0.709 bits per heavy atom. The molecule has 0 aromatic carbocycles. The van der Waals surface area contributed by atoms with Gasteiger partial charge in [-0.15, -0.1) is 0 Å². The fourth-order valence-electron chi connectivity index (χ4n) is 6.90. The predicted octanol–water partition coefficient (Wildman–Crippen LogP) is 10.2. The molecule has 55 heavy (non-hydrogen) atoms. The van der Waals surface area contributed by atoms with Gasteiger partial charge in [0.05, 0.1) is 6.20 Å². The second-order valence-electron chi connectivity index (χ2n) is 16.0. The molecule has 3 rings (SSSR count). The van der Waals surface area contributed by atoms with Crippen molar-refractivity contribution in [2.75, 3.05) is 0 Å². The first-order chi connectivity index (χ1) is 25.8. The molecule has 0 atom stereocenters. The first kappa shape index (κ1) is 44.3. The highest BCUT2D eigenvalue weighted by Crippen LogP contribution is 2.41. The highest BCUT2D eigenvalue weighted by atomic mass is 19.1. The van der Waals surface area contributed by atoms with E-state index in [4.69, 9.17) is 9.47 Å². The molecule has 0 saturated carbocycles. The molecule has 0 N–H and O–H groups in total. The van der Waals surface area contributed by atoms with Crippen molar-refractivity contribution in [2.24, 2.45) is 10.8 Å². The number of carbonyl (C=O) groups excluding carboxylic acids is 2. The zero-order valence-electron chi connectivity index (χ0n) is 34.4. The van der Waals surface area contributed by atoms with Gasteiger partial charge in [-0.1, -0.05) is 111 Å². The Labute approximate surface area is 326 Å². The summed E-state index contributed by atoms with van der Waals surface area (Å²) in [6, 6.07) is 0. The van der Waals surface area contributed by atoms with Gasteiger partial charge in [0.15, 0.2) is 13.5 Å². The Hall–Kier alpha value is -5.05. The summed E-state index contributed by atoms with van der Waals surface area (Å²) < 4.78 is 25.9. The average molecular weight is 755 g/mol. The highest BCUT2D eigenvalue weighted by Gasteiger charge is 2.27. The number of hydrogen-bond acceptors (Lipinski definition) is 6. The molecule has 0 unspecified atom stereocenters. The van der Waals surface area contributed by atoms with Crippen molar-refractivity contribution in [1.82, 2.24) is 9.13 Å². The Kier molecular flexibility index (Phi) is 16.2. The number of nitrogens with zero attached hydrogens (tertiary/aromatic N) is 2. The molecule has 0 amide bonds. The third-order valence-electron chi connectivity index (χ3n) is 10.1. The minimum absolute atomic E-state index is 0.152. The van der Waals surface area contributed by atoms with Crippen LogP contribution in [0.25, 0.3) is 0 Å². The normalized spacial score (nSPS) is 18.7. The van der Waals surface area contributed by atoms with Crippen molar-refractivity contribution in [3.8, 4) is 0 Å². The van der Waals surface area contributed by atoms with Crippen molar-refractivity contribution in [1.29, 1.82) is 0 Å². The summed E-state index contributed by atoms with van der Waals surface area (Å²) in [6.07, 6.45) is 29.6. The zero-order chi connectivity index (χ0) is 40.9. The molecule has 2 aliphatic carbocycles. The standard InChI is InChI=1S/C46H59FN2O6/c1-32(21-23-38-36(5)19-13-25-45(38,7)8)15-11-17-34(3)27-41(50)54-30-48-29-40(47)43(52)49(44(48)53)31-55-42(51)28-35(4)18-12-16-33(2)22-24-39-37(6)20-14-26-46(39,9)10/h11-12,15-18,21-24,27-29H,13-14,19-20,25-26,30-31H2,1-10H3/b17-11+,18-12+,23-21+,24-22+,32-15+,33-16+,34-27+,35-28+. The van der Waals surface area contributed by atoms with Crippen molar-refractivity contribution in [3.63, 3.8) is 0 Å². The van der Waals surface area contributed by atoms with Crippen LogP contribution in [0.2, 0.25) is 0 Å². The lowest BCUT2D eigenvalue weighted by Crippen LogP contribution is -2.42. The fraction of sp³-hybridized carbons (Fsp3) is 0.435. The summed E-state index contributed by atoms with van der Waals surface area (Å²) in [4.78, 5) is 50.3. The highest BCUT2D eigenvalue weighted by molar-refractivity contribution is 5.83. The van der Waals surface area contributed by atoms with E-state index in [2.05, 4.69) is 65.8 Å². The molecule has 1 aromatic rings. The molecule has 0 aliphatic heterocycles. The summed E-state index contributed by atoms with van der Waals surface area (Å²) >= 11 is 0. The third-order valence-corrected chi connectivity index (χ3v) is 10.1. The minimum Gasteiger partial charge on any atom is -0.441 e. The second-order valence-corrected chi connectivity index (χ2v) is 16.0. The van der Waals surface area contributed by atoms with Gasteiger partial charge in [0, 0.05) is 12.2 Å². The summed E-state index contributed by atoms with van der Waals surface area (Å²) in [5, 5.41) is 0. The Bertz CT molecular complexity index is 2050. The molecule has 0 radical (unpaired) electrons. The van der Waals surface area contributed by atoms with Gasteiger partial charge in [-0.05, 0) is 113 Å². The number of aromatic nitrogens is 2. The van der Waals surface area contributed by atoms with Crippen LogP contribution in [0.1, 0.15) is 108 Å². The van der Waals surface area contributed by atoms with Gasteiger partial charge < -0.3 is 9.47 Å². The number of carbonyl (C=O) groups is 2. The van der Waals surface area contributed by atoms with Gasteiger partial charge in [-0.25, -0.2) is 19.0 Å². The van der Waals surface area contributed by atoms with Crippen LogP contribution < -0.4 is 11.2 Å². The second kappa shape index (κ2) is 20.0. The van der Waals surface area contributed by atoms with Crippen LogP contribution in [-0.4, -0.2) is 21.1 Å². The van der Waals surface area contributed by atoms with Crippen molar-refractivity contribution in [2.45, 2.75) is 121 Å². The van der Waals surface area contributed by atoms with Crippen molar-refractivity contribution in [3.05, 3.63) is 150 Å². The molecule has 296 valence electrons. The molecule has 0 bridgehead atoms. The number of ether oxygens (including phenoxy) is 2. The number of hydrogen-bond donors (Lipinski definition) is 0. The van der Waals surface area contributed by atoms with E-state index in [-0.39, 0.29) is 10.8 Å². The van der Waals surface area contributed by atoms with Gasteiger partial charge in [-0.2, -0.15) is 4.39 Å². The minimum atomic E-state index is -1.28. The Morgan fingerprint density at radius 2 is 1.15 bits per heavy atom. The topological polar surface area (TPSA) is 96.6 Å². The van der Waals surface area contributed by atoms with Crippen LogP contribution in [0.5, 0.6) is 0 Å². The van der Waals surface area contributed by atoms with E-state index in [1.54, 1.807) is 26.0 Å². The van der Waals surface area contributed by atoms with Gasteiger partial charge in [0.1, 0.15) is 0 Å². The maximum Gasteiger partial charge on any atom is 0.336 e. The maximum absolute atomic E-state index is 14.5. The Balaban J connectivity index is 1.57. The first-order valence-electron chi connectivity index (χ1n) is 19.0. The third kappa shape index (κ3) is 13.6. The van der Waals surface area contributed by atoms with E-state index >= 15 is 0 Å². The molecule has 0 spiro atoms. The maximum atomic E-state index is 14.5. The SMILES string of the molecule is CC1=C(/C=C/C(C)=C/C=C/C(C)=C/C(=O)OCn2cc(F)c(=O)n(COC(=O)/C=C(C)/C=C/C=C(C)/C=C/C3=C(C)CCCC3(C)C)c2=O)C(C)(C)CCC1. The van der Waals surface area contributed by atoms with Gasteiger partial charge in [-0.3, -0.25) is 9.36 Å². The summed E-state index contributed by atoms with van der Waals surface area (Å²) in [5.74, 6) is -2.87. The Morgan fingerprint density at radius 3 is 1.58 bits per heavy atom. The van der Waals surface area contributed by atoms with Crippen LogP contribution >= 0.6 is 0 Å².